The average Bonchev–Trinajstić information content (AvgIpc) is 3.23. The van der Waals surface area contributed by atoms with E-state index in [0.717, 1.165) is 22.3 Å². The lowest BCUT2D eigenvalue weighted by Crippen LogP contribution is -2.66. The van der Waals surface area contributed by atoms with Gasteiger partial charge in [0.15, 0.2) is 11.4 Å². The number of fused-ring (bicyclic) bond motifs is 5. The number of aliphatic hydroxyl groups is 1. The van der Waals surface area contributed by atoms with Gasteiger partial charge in [-0.15, -0.1) is 0 Å². The standard InChI is InChI=1S/C33H30F5NO2/c1-30-17-27(22-8-6-21(7-9-22)20-4-2-19(18-39)3-5-20)29-25-13-11-24(40)16-23(25)10-12-26(29)28(30)14-15-31(30,41)32(34,35)33(36,37)38/h2-9,14-16,25-29,41H,10-13,17H2,1H3/t25?,26?,27-,28?,29?,30+,31+/m1/s1. The number of rotatable bonds is 3. The number of nitriles is 1. The first-order valence-electron chi connectivity index (χ1n) is 14.0. The monoisotopic (exact) mass is 567 g/mol. The molecule has 2 fully saturated rings. The molecule has 0 radical (unpaired) electrons. The van der Waals surface area contributed by atoms with E-state index in [0.29, 0.717) is 37.3 Å². The quantitative estimate of drug-likeness (QED) is 0.305. The van der Waals surface area contributed by atoms with Crippen LogP contribution < -0.4 is 0 Å². The highest BCUT2D eigenvalue weighted by Crippen LogP contribution is 2.69. The lowest BCUT2D eigenvalue weighted by molar-refractivity contribution is -0.354. The Hall–Kier alpha value is -3.31. The van der Waals surface area contributed by atoms with E-state index >= 15 is 8.78 Å². The van der Waals surface area contributed by atoms with Crippen LogP contribution in [0.1, 0.15) is 56.1 Å². The number of allylic oxidation sites excluding steroid dienone is 3. The number of benzene rings is 2. The molecule has 41 heavy (non-hydrogen) atoms. The molecule has 4 aliphatic rings. The van der Waals surface area contributed by atoms with Crippen LogP contribution in [0, 0.1) is 40.4 Å². The molecule has 0 heterocycles. The normalized spacial score (nSPS) is 34.7. The second kappa shape index (κ2) is 9.35. The third kappa shape index (κ3) is 4.03. The van der Waals surface area contributed by atoms with E-state index in [1.807, 2.05) is 36.4 Å². The van der Waals surface area contributed by atoms with Gasteiger partial charge in [-0.05, 0) is 96.2 Å². The Balaban J connectivity index is 1.43. The highest BCUT2D eigenvalue weighted by Gasteiger charge is 2.78. The van der Waals surface area contributed by atoms with Crippen LogP contribution in [0.2, 0.25) is 0 Å². The summed E-state index contributed by atoms with van der Waals surface area (Å²) in [5.41, 5.74) is -0.977. The summed E-state index contributed by atoms with van der Waals surface area (Å²) in [7, 11) is 0. The Morgan fingerprint density at radius 3 is 2.17 bits per heavy atom. The zero-order valence-corrected chi connectivity index (χ0v) is 22.5. The number of carbonyl (C=O) groups is 1. The smallest absolute Gasteiger partial charge is 0.378 e. The SMILES string of the molecule is C[C@]12C[C@H](c3ccc(-c4ccc(C#N)cc4)cc3)C3C4CCC(=O)C=C4CCC3C1C=C[C@@]2(O)C(F)(F)C(F)(F)F. The molecule has 7 atom stereocenters. The summed E-state index contributed by atoms with van der Waals surface area (Å²) in [6.45, 7) is 1.39. The van der Waals surface area contributed by atoms with Crippen LogP contribution in [0.25, 0.3) is 11.1 Å². The molecule has 6 rings (SSSR count). The number of halogens is 5. The van der Waals surface area contributed by atoms with E-state index in [9.17, 15) is 23.1 Å². The van der Waals surface area contributed by atoms with E-state index in [1.54, 1.807) is 18.2 Å². The molecule has 8 heteroatoms. The maximum atomic E-state index is 15.1. The second-order valence-corrected chi connectivity index (χ2v) is 12.4. The number of hydrogen-bond donors (Lipinski definition) is 1. The molecule has 0 aliphatic heterocycles. The Bertz CT molecular complexity index is 1470. The lowest BCUT2D eigenvalue weighted by Gasteiger charge is -2.59. The van der Waals surface area contributed by atoms with Gasteiger partial charge in [-0.25, -0.2) is 0 Å². The van der Waals surface area contributed by atoms with Crippen LogP contribution in [0.4, 0.5) is 22.0 Å². The van der Waals surface area contributed by atoms with Gasteiger partial charge in [0.25, 0.3) is 0 Å². The van der Waals surface area contributed by atoms with Crippen molar-refractivity contribution in [2.75, 3.05) is 0 Å². The molecule has 3 nitrogen and oxygen atoms in total. The molecule has 0 aromatic heterocycles. The van der Waals surface area contributed by atoms with E-state index in [2.05, 4.69) is 6.07 Å². The molecule has 2 saturated carbocycles. The zero-order valence-electron chi connectivity index (χ0n) is 22.5. The topological polar surface area (TPSA) is 61.1 Å². The summed E-state index contributed by atoms with van der Waals surface area (Å²) in [6, 6.07) is 16.8. The molecule has 2 aromatic carbocycles. The van der Waals surface area contributed by atoms with Crippen LogP contribution in [0.15, 0.2) is 72.3 Å². The Morgan fingerprint density at radius 2 is 1.56 bits per heavy atom. The fraction of sp³-hybridized carbons (Fsp3) is 0.455. The largest absolute Gasteiger partial charge is 0.456 e. The first kappa shape index (κ1) is 27.8. The van der Waals surface area contributed by atoms with Gasteiger partial charge in [0.1, 0.15) is 0 Å². The van der Waals surface area contributed by atoms with Crippen molar-refractivity contribution < 1.29 is 31.9 Å². The van der Waals surface area contributed by atoms with Gasteiger partial charge in [-0.1, -0.05) is 55.0 Å². The van der Waals surface area contributed by atoms with Crippen LogP contribution in [-0.4, -0.2) is 28.6 Å². The van der Waals surface area contributed by atoms with Crippen molar-refractivity contribution in [3.05, 3.63) is 83.5 Å². The second-order valence-electron chi connectivity index (χ2n) is 12.4. The molecule has 4 unspecified atom stereocenters. The summed E-state index contributed by atoms with van der Waals surface area (Å²) in [5.74, 6) is -6.56. The predicted octanol–water partition coefficient (Wildman–Crippen LogP) is 7.77. The zero-order chi connectivity index (χ0) is 29.4. The van der Waals surface area contributed by atoms with Crippen LogP contribution in [0.5, 0.6) is 0 Å². The molecular weight excluding hydrogens is 537 g/mol. The summed E-state index contributed by atoms with van der Waals surface area (Å²) in [5, 5.41) is 20.4. The Labute approximate surface area is 235 Å². The van der Waals surface area contributed by atoms with E-state index < -0.39 is 35.0 Å². The molecule has 2 aromatic rings. The van der Waals surface area contributed by atoms with Crippen LogP contribution in [0.3, 0.4) is 0 Å². The van der Waals surface area contributed by atoms with Crippen molar-refractivity contribution in [1.29, 1.82) is 5.26 Å². The predicted molar refractivity (Wildman–Crippen MR) is 143 cm³/mol. The Morgan fingerprint density at radius 1 is 0.927 bits per heavy atom. The number of nitrogens with zero attached hydrogens (tertiary/aromatic N) is 1. The Kier molecular flexibility index (Phi) is 6.35. The summed E-state index contributed by atoms with van der Waals surface area (Å²) in [4.78, 5) is 12.2. The van der Waals surface area contributed by atoms with E-state index in [-0.39, 0.29) is 30.0 Å². The fourth-order valence-corrected chi connectivity index (χ4v) is 8.47. The summed E-state index contributed by atoms with van der Waals surface area (Å²) in [6.07, 6.45) is 0.0276. The van der Waals surface area contributed by atoms with Crippen LogP contribution in [-0.2, 0) is 4.79 Å². The average molecular weight is 568 g/mol. The molecule has 0 bridgehead atoms. The van der Waals surface area contributed by atoms with E-state index in [4.69, 9.17) is 5.26 Å². The van der Waals surface area contributed by atoms with Crippen molar-refractivity contribution in [2.24, 2.45) is 29.1 Å². The van der Waals surface area contributed by atoms with Crippen molar-refractivity contribution in [2.45, 2.75) is 62.6 Å². The first-order chi connectivity index (χ1) is 19.3. The molecule has 1 N–H and O–H groups in total. The third-order valence-corrected chi connectivity index (χ3v) is 10.5. The van der Waals surface area contributed by atoms with E-state index in [1.165, 1.54) is 13.0 Å². The molecule has 0 saturated heterocycles. The lowest BCUT2D eigenvalue weighted by atomic mass is 9.46. The van der Waals surface area contributed by atoms with Crippen molar-refractivity contribution in [3.63, 3.8) is 0 Å². The maximum Gasteiger partial charge on any atom is 0.456 e. The van der Waals surface area contributed by atoms with Gasteiger partial charge in [0.05, 0.1) is 11.6 Å². The maximum absolute atomic E-state index is 15.1. The number of hydrogen-bond acceptors (Lipinski definition) is 3. The van der Waals surface area contributed by atoms with Gasteiger partial charge in [-0.3, -0.25) is 4.79 Å². The highest BCUT2D eigenvalue weighted by molar-refractivity contribution is 5.91. The highest BCUT2D eigenvalue weighted by atomic mass is 19.4. The van der Waals surface area contributed by atoms with Crippen LogP contribution >= 0.6 is 0 Å². The molecule has 0 spiro atoms. The van der Waals surface area contributed by atoms with Gasteiger partial charge in [0.2, 0.25) is 0 Å². The van der Waals surface area contributed by atoms with Crippen molar-refractivity contribution >= 4 is 5.78 Å². The molecule has 4 aliphatic carbocycles. The van der Waals surface area contributed by atoms with Gasteiger partial charge in [-0.2, -0.15) is 27.2 Å². The minimum absolute atomic E-state index is 0.0319. The molecule has 214 valence electrons. The summed E-state index contributed by atoms with van der Waals surface area (Å²) >= 11 is 0. The number of alkyl halides is 5. The molecule has 0 amide bonds. The van der Waals surface area contributed by atoms with Gasteiger partial charge in [0, 0.05) is 11.8 Å². The first-order valence-corrected chi connectivity index (χ1v) is 14.0. The third-order valence-electron chi connectivity index (χ3n) is 10.5. The summed E-state index contributed by atoms with van der Waals surface area (Å²) < 4.78 is 71.4. The fourth-order valence-electron chi connectivity index (χ4n) is 8.47. The number of ketones is 1. The minimum Gasteiger partial charge on any atom is -0.378 e. The minimum atomic E-state index is -5.91. The number of carbonyl (C=O) groups excluding carboxylic acids is 1. The van der Waals surface area contributed by atoms with Gasteiger partial charge >= 0.3 is 12.1 Å². The molecular formula is C33H30F5NO2. The van der Waals surface area contributed by atoms with Crippen molar-refractivity contribution in [3.8, 4) is 17.2 Å². The van der Waals surface area contributed by atoms with Crippen molar-refractivity contribution in [1.82, 2.24) is 0 Å². The van der Waals surface area contributed by atoms with Gasteiger partial charge < -0.3 is 5.11 Å².